The maximum Gasteiger partial charge on any atom is 0.213 e. The van der Waals surface area contributed by atoms with Gasteiger partial charge < -0.3 is 0 Å². The van der Waals surface area contributed by atoms with Gasteiger partial charge in [-0.25, -0.2) is 4.99 Å². The first kappa shape index (κ1) is 7.38. The van der Waals surface area contributed by atoms with E-state index in [-0.39, 0.29) is 0 Å². The van der Waals surface area contributed by atoms with E-state index in [0.717, 1.165) is 4.48 Å². The van der Waals surface area contributed by atoms with Gasteiger partial charge in [0, 0.05) is 22.5 Å². The Labute approximate surface area is 71.4 Å². The highest BCUT2D eigenvalue weighted by atomic mass is 79.9. The number of amidine groups is 1. The van der Waals surface area contributed by atoms with Gasteiger partial charge in [-0.3, -0.25) is 4.42 Å². The molecule has 0 spiro atoms. The molecule has 9 heavy (non-hydrogen) atoms. The molecular formula is C4H3BrCl2N2. The van der Waals surface area contributed by atoms with Crippen molar-refractivity contribution in [2.45, 2.75) is 0 Å². The topological polar surface area (TPSA) is 15.6 Å². The molecule has 0 aliphatic carbocycles. The summed E-state index contributed by atoms with van der Waals surface area (Å²) in [5, 5.41) is 0.305. The molecule has 0 radical (unpaired) electrons. The molecule has 0 amide bonds. The van der Waals surface area contributed by atoms with E-state index in [4.69, 9.17) is 23.4 Å². The van der Waals surface area contributed by atoms with Crippen LogP contribution in [0.25, 0.3) is 0 Å². The molecule has 0 N–H and O–H groups in total. The fraction of sp³-hybridized carbons (Fsp3) is 0.250. The summed E-state index contributed by atoms with van der Waals surface area (Å²) in [6.07, 6.45) is 1.63. The van der Waals surface area contributed by atoms with Crippen LogP contribution in [0.4, 0.5) is 0 Å². The number of rotatable bonds is 0. The standard InChI is InChI=1S/C4H3BrCl2N2/c5-3-1-8-4(6)9(7)2-3/h1H,2H2. The second-order valence-electron chi connectivity index (χ2n) is 1.49. The van der Waals surface area contributed by atoms with E-state index >= 15 is 0 Å². The number of aliphatic imine (C=N–C) groups is 1. The van der Waals surface area contributed by atoms with E-state index in [9.17, 15) is 0 Å². The maximum atomic E-state index is 5.56. The summed E-state index contributed by atoms with van der Waals surface area (Å²) in [6, 6.07) is 0. The smallest absolute Gasteiger partial charge is 0.213 e. The highest BCUT2D eigenvalue weighted by molar-refractivity contribution is 9.11. The minimum absolute atomic E-state index is 0.305. The minimum Gasteiger partial charge on any atom is -0.254 e. The molecule has 0 aromatic rings. The zero-order valence-electron chi connectivity index (χ0n) is 4.31. The molecule has 1 heterocycles. The average Bonchev–Trinajstić information content (AvgIpc) is 1.80. The van der Waals surface area contributed by atoms with Crippen LogP contribution in [-0.2, 0) is 0 Å². The predicted molar refractivity (Wildman–Crippen MR) is 42.9 cm³/mol. The Balaban J connectivity index is 2.74. The lowest BCUT2D eigenvalue weighted by Crippen LogP contribution is -2.20. The molecule has 0 unspecified atom stereocenters. The lowest BCUT2D eigenvalue weighted by molar-refractivity contribution is 0.733. The van der Waals surface area contributed by atoms with Crippen molar-refractivity contribution in [3.05, 3.63) is 10.7 Å². The summed E-state index contributed by atoms with van der Waals surface area (Å²) in [4.78, 5) is 3.76. The molecule has 0 saturated heterocycles. The molecular weight excluding hydrogens is 227 g/mol. The second kappa shape index (κ2) is 2.90. The molecule has 0 aromatic carbocycles. The van der Waals surface area contributed by atoms with Crippen LogP contribution >= 0.6 is 39.3 Å². The SMILES string of the molecule is ClC1=NC=C(Br)CN1Cl. The monoisotopic (exact) mass is 228 g/mol. The molecule has 0 saturated carbocycles. The molecule has 0 aromatic heterocycles. The minimum atomic E-state index is 0.305. The van der Waals surface area contributed by atoms with Gasteiger partial charge in [-0.05, 0) is 11.6 Å². The number of nitrogens with zero attached hydrogens (tertiary/aromatic N) is 2. The van der Waals surface area contributed by atoms with E-state index < -0.39 is 0 Å². The average molecular weight is 230 g/mol. The van der Waals surface area contributed by atoms with Gasteiger partial charge in [0.2, 0.25) is 5.29 Å². The Morgan fingerprint density at radius 2 is 2.44 bits per heavy atom. The molecule has 0 bridgehead atoms. The van der Waals surface area contributed by atoms with E-state index in [2.05, 4.69) is 20.9 Å². The maximum absolute atomic E-state index is 5.56. The summed E-state index contributed by atoms with van der Waals surface area (Å²) >= 11 is 14.3. The fourth-order valence-corrected chi connectivity index (χ4v) is 1.20. The summed E-state index contributed by atoms with van der Waals surface area (Å²) in [6.45, 7) is 0.573. The number of hydrogen-bond acceptors (Lipinski definition) is 2. The Kier molecular flexibility index (Phi) is 2.38. The van der Waals surface area contributed by atoms with Gasteiger partial charge in [-0.1, -0.05) is 15.9 Å². The molecule has 0 atom stereocenters. The third kappa shape index (κ3) is 1.85. The van der Waals surface area contributed by atoms with Gasteiger partial charge in [0.1, 0.15) is 0 Å². The quantitative estimate of drug-likeness (QED) is 0.460. The lowest BCUT2D eigenvalue weighted by atomic mass is 10.6. The highest BCUT2D eigenvalue weighted by Gasteiger charge is 2.10. The van der Waals surface area contributed by atoms with Gasteiger partial charge in [-0.15, -0.1) is 0 Å². The van der Waals surface area contributed by atoms with Crippen LogP contribution < -0.4 is 0 Å². The van der Waals surface area contributed by atoms with Gasteiger partial charge in [0.25, 0.3) is 0 Å². The summed E-state index contributed by atoms with van der Waals surface area (Å²) in [5.41, 5.74) is 0. The van der Waals surface area contributed by atoms with E-state index in [0.29, 0.717) is 11.8 Å². The van der Waals surface area contributed by atoms with Crippen LogP contribution in [0.15, 0.2) is 15.7 Å². The van der Waals surface area contributed by atoms with Gasteiger partial charge >= 0.3 is 0 Å². The molecule has 1 rings (SSSR count). The first-order valence-electron chi connectivity index (χ1n) is 2.21. The molecule has 1 aliphatic rings. The number of hydrogen-bond donors (Lipinski definition) is 0. The van der Waals surface area contributed by atoms with Crippen LogP contribution in [0.5, 0.6) is 0 Å². The molecule has 0 fully saturated rings. The van der Waals surface area contributed by atoms with Gasteiger partial charge in [-0.2, -0.15) is 0 Å². The van der Waals surface area contributed by atoms with Crippen molar-refractivity contribution < 1.29 is 0 Å². The van der Waals surface area contributed by atoms with Crippen LogP contribution in [0.3, 0.4) is 0 Å². The van der Waals surface area contributed by atoms with Crippen LogP contribution in [0.2, 0.25) is 0 Å². The van der Waals surface area contributed by atoms with Gasteiger partial charge in [0.05, 0.1) is 6.54 Å². The predicted octanol–water partition coefficient (Wildman–Crippen LogP) is 2.29. The van der Waals surface area contributed by atoms with E-state index in [1.807, 2.05) is 0 Å². The van der Waals surface area contributed by atoms with Crippen molar-refractivity contribution in [3.63, 3.8) is 0 Å². The van der Waals surface area contributed by atoms with Crippen molar-refractivity contribution in [2.75, 3.05) is 6.54 Å². The summed E-state index contributed by atoms with van der Waals surface area (Å²) in [5.74, 6) is 0. The highest BCUT2D eigenvalue weighted by Crippen LogP contribution is 2.16. The zero-order valence-corrected chi connectivity index (χ0v) is 7.41. The first-order valence-corrected chi connectivity index (χ1v) is 3.72. The van der Waals surface area contributed by atoms with Crippen molar-refractivity contribution in [1.82, 2.24) is 4.42 Å². The van der Waals surface area contributed by atoms with Crippen LogP contribution in [-0.4, -0.2) is 16.3 Å². The Bertz CT molecular complexity index is 177. The normalized spacial score (nSPS) is 19.2. The largest absolute Gasteiger partial charge is 0.254 e. The lowest BCUT2D eigenvalue weighted by Gasteiger charge is -2.14. The molecule has 2 nitrogen and oxygen atoms in total. The first-order chi connectivity index (χ1) is 4.20. The van der Waals surface area contributed by atoms with Crippen molar-refractivity contribution >= 4 is 44.6 Å². The summed E-state index contributed by atoms with van der Waals surface area (Å²) < 4.78 is 2.24. The summed E-state index contributed by atoms with van der Waals surface area (Å²) in [7, 11) is 0. The van der Waals surface area contributed by atoms with E-state index in [1.165, 1.54) is 4.42 Å². The fourth-order valence-electron chi connectivity index (χ4n) is 0.425. The third-order valence-electron chi connectivity index (χ3n) is 0.801. The Hall–Kier alpha value is 0.270. The van der Waals surface area contributed by atoms with Crippen molar-refractivity contribution in [1.29, 1.82) is 0 Å². The third-order valence-corrected chi connectivity index (χ3v) is 1.92. The molecule has 1 aliphatic heterocycles. The second-order valence-corrected chi connectivity index (χ2v) is 3.26. The van der Waals surface area contributed by atoms with Crippen LogP contribution in [0, 0.1) is 0 Å². The van der Waals surface area contributed by atoms with E-state index in [1.54, 1.807) is 6.20 Å². The molecule has 5 heteroatoms. The number of halogens is 3. The zero-order chi connectivity index (χ0) is 6.85. The van der Waals surface area contributed by atoms with Crippen molar-refractivity contribution in [2.24, 2.45) is 4.99 Å². The van der Waals surface area contributed by atoms with Gasteiger partial charge in [0.15, 0.2) is 0 Å². The Morgan fingerprint density at radius 3 is 2.89 bits per heavy atom. The van der Waals surface area contributed by atoms with Crippen molar-refractivity contribution in [3.8, 4) is 0 Å². The molecule has 50 valence electrons. The Morgan fingerprint density at radius 1 is 1.78 bits per heavy atom. The van der Waals surface area contributed by atoms with Crippen LogP contribution in [0.1, 0.15) is 0 Å².